The van der Waals surface area contributed by atoms with E-state index in [0.29, 0.717) is 6.54 Å². The molecule has 0 aliphatic rings. The fourth-order valence-corrected chi connectivity index (χ4v) is 2.54. The van der Waals surface area contributed by atoms with Gasteiger partial charge >= 0.3 is 0 Å². The molecular weight excluding hydrogens is 288 g/mol. The zero-order valence-corrected chi connectivity index (χ0v) is 14.9. The van der Waals surface area contributed by atoms with Crippen LogP contribution in [0, 0.1) is 19.8 Å². The van der Waals surface area contributed by atoms with Gasteiger partial charge in [-0.25, -0.2) is 0 Å². The summed E-state index contributed by atoms with van der Waals surface area (Å²) in [6.45, 7) is 12.5. The van der Waals surface area contributed by atoms with Crippen LogP contribution in [-0.2, 0) is 11.3 Å². The summed E-state index contributed by atoms with van der Waals surface area (Å²) in [6.07, 6.45) is 0. The van der Waals surface area contributed by atoms with E-state index in [2.05, 4.69) is 37.2 Å². The van der Waals surface area contributed by atoms with Crippen LogP contribution < -0.4 is 0 Å². The molecule has 0 radical (unpaired) electrons. The van der Waals surface area contributed by atoms with Crippen LogP contribution in [-0.4, -0.2) is 22.0 Å². The van der Waals surface area contributed by atoms with E-state index >= 15 is 0 Å². The number of carbonyl (C=O) groups is 1. The highest BCUT2D eigenvalue weighted by Gasteiger charge is 2.22. The molecule has 1 aromatic heterocycles. The molecule has 0 unspecified atom stereocenters. The van der Waals surface area contributed by atoms with Gasteiger partial charge in [-0.15, -0.1) is 0 Å². The molecule has 0 bridgehead atoms. The Balaban J connectivity index is 2.24. The van der Waals surface area contributed by atoms with E-state index in [1.165, 1.54) is 5.56 Å². The molecule has 0 atom stereocenters. The van der Waals surface area contributed by atoms with Crippen molar-refractivity contribution in [3.63, 3.8) is 0 Å². The Hall–Kier alpha value is -2.10. The summed E-state index contributed by atoms with van der Waals surface area (Å²) >= 11 is 0. The van der Waals surface area contributed by atoms with Crippen LogP contribution in [0.1, 0.15) is 44.5 Å². The Bertz CT molecular complexity index is 686. The van der Waals surface area contributed by atoms with Crippen LogP contribution in [0.5, 0.6) is 0 Å². The van der Waals surface area contributed by atoms with Gasteiger partial charge in [0.2, 0.25) is 5.91 Å². The van der Waals surface area contributed by atoms with E-state index in [4.69, 9.17) is 4.52 Å². The maximum atomic E-state index is 12.3. The summed E-state index contributed by atoms with van der Waals surface area (Å²) in [5.74, 6) is 0.862. The van der Waals surface area contributed by atoms with Gasteiger partial charge < -0.3 is 9.42 Å². The maximum Gasteiger partial charge on any atom is 0.225 e. The third kappa shape index (κ3) is 4.01. The molecule has 2 aromatic rings. The van der Waals surface area contributed by atoms with E-state index in [-0.39, 0.29) is 17.9 Å². The molecule has 0 aliphatic carbocycles. The molecule has 0 spiro atoms. The number of amides is 1. The lowest BCUT2D eigenvalue weighted by Gasteiger charge is -2.27. The molecule has 0 N–H and O–H groups in total. The maximum absolute atomic E-state index is 12.3. The molecule has 4 nitrogen and oxygen atoms in total. The van der Waals surface area contributed by atoms with Crippen molar-refractivity contribution >= 4 is 5.91 Å². The number of nitrogens with zero attached hydrogens (tertiary/aromatic N) is 2. The summed E-state index contributed by atoms with van der Waals surface area (Å²) in [4.78, 5) is 14.2. The lowest BCUT2D eigenvalue weighted by molar-refractivity contribution is -0.136. The first-order chi connectivity index (χ1) is 10.8. The van der Waals surface area contributed by atoms with Gasteiger partial charge in [0.15, 0.2) is 5.76 Å². The molecule has 1 heterocycles. The first-order valence-corrected chi connectivity index (χ1v) is 8.13. The van der Waals surface area contributed by atoms with E-state index in [1.54, 1.807) is 0 Å². The van der Waals surface area contributed by atoms with E-state index < -0.39 is 0 Å². The predicted octanol–water partition coefficient (Wildman–Crippen LogP) is 4.35. The Morgan fingerprint density at radius 3 is 2.48 bits per heavy atom. The van der Waals surface area contributed by atoms with Gasteiger partial charge in [0.25, 0.3) is 0 Å². The molecule has 4 heteroatoms. The molecule has 0 saturated carbocycles. The highest BCUT2D eigenvalue weighted by atomic mass is 16.5. The van der Waals surface area contributed by atoms with Crippen LogP contribution in [0.25, 0.3) is 11.3 Å². The Kier molecular flexibility index (Phi) is 5.24. The lowest BCUT2D eigenvalue weighted by atomic mass is 10.0. The van der Waals surface area contributed by atoms with Crippen LogP contribution in [0.2, 0.25) is 0 Å². The quantitative estimate of drug-likeness (QED) is 0.824. The van der Waals surface area contributed by atoms with Crippen molar-refractivity contribution in [1.29, 1.82) is 0 Å². The summed E-state index contributed by atoms with van der Waals surface area (Å²) < 4.78 is 5.52. The van der Waals surface area contributed by atoms with Crippen molar-refractivity contribution in [3.8, 4) is 11.3 Å². The second-order valence-corrected chi connectivity index (χ2v) is 6.72. The Morgan fingerprint density at radius 1 is 1.17 bits per heavy atom. The molecule has 124 valence electrons. The van der Waals surface area contributed by atoms with Crippen LogP contribution in [0.4, 0.5) is 0 Å². The van der Waals surface area contributed by atoms with E-state index in [0.717, 1.165) is 22.6 Å². The average Bonchev–Trinajstić information content (AvgIpc) is 2.94. The van der Waals surface area contributed by atoms with Gasteiger partial charge in [-0.2, -0.15) is 0 Å². The van der Waals surface area contributed by atoms with Gasteiger partial charge in [-0.1, -0.05) is 36.7 Å². The highest BCUT2D eigenvalue weighted by Crippen LogP contribution is 2.26. The van der Waals surface area contributed by atoms with Crippen molar-refractivity contribution in [3.05, 3.63) is 41.1 Å². The zero-order valence-electron chi connectivity index (χ0n) is 14.9. The second-order valence-electron chi connectivity index (χ2n) is 6.72. The third-order valence-corrected chi connectivity index (χ3v) is 3.95. The van der Waals surface area contributed by atoms with Gasteiger partial charge in [-0.05, 0) is 39.3 Å². The minimum Gasteiger partial charge on any atom is -0.356 e. The largest absolute Gasteiger partial charge is 0.356 e. The molecule has 0 saturated heterocycles. The SMILES string of the molecule is Cc1ccc(C)c(-c2cc(CN(C(=O)C(C)C)C(C)C)no2)c1. The molecule has 2 rings (SSSR count). The monoisotopic (exact) mass is 314 g/mol. The fourth-order valence-electron chi connectivity index (χ4n) is 2.54. The smallest absolute Gasteiger partial charge is 0.225 e. The fraction of sp³-hybridized carbons (Fsp3) is 0.474. The third-order valence-electron chi connectivity index (χ3n) is 3.95. The Labute approximate surface area is 138 Å². The number of benzene rings is 1. The first-order valence-electron chi connectivity index (χ1n) is 8.13. The summed E-state index contributed by atoms with van der Waals surface area (Å²) in [5, 5.41) is 4.16. The van der Waals surface area contributed by atoms with Crippen molar-refractivity contribution in [2.24, 2.45) is 5.92 Å². The first kappa shape index (κ1) is 17.3. The Morgan fingerprint density at radius 2 is 1.87 bits per heavy atom. The van der Waals surface area contributed by atoms with E-state index in [1.807, 2.05) is 38.7 Å². The number of hydrogen-bond donors (Lipinski definition) is 0. The summed E-state index contributed by atoms with van der Waals surface area (Å²) in [6, 6.07) is 8.32. The van der Waals surface area contributed by atoms with Crippen molar-refractivity contribution in [2.75, 3.05) is 0 Å². The molecule has 0 fully saturated rings. The van der Waals surface area contributed by atoms with Crippen LogP contribution in [0.3, 0.4) is 0 Å². The minimum atomic E-state index is -0.0252. The number of carbonyl (C=O) groups excluding carboxylic acids is 1. The van der Waals surface area contributed by atoms with Gasteiger partial charge in [-0.3, -0.25) is 4.79 Å². The van der Waals surface area contributed by atoms with Gasteiger partial charge in [0.05, 0.1) is 6.54 Å². The van der Waals surface area contributed by atoms with Gasteiger partial charge in [0, 0.05) is 23.6 Å². The predicted molar refractivity (Wildman–Crippen MR) is 91.9 cm³/mol. The minimum absolute atomic E-state index is 0.0252. The van der Waals surface area contributed by atoms with E-state index in [9.17, 15) is 4.79 Å². The number of rotatable bonds is 5. The normalized spacial score (nSPS) is 11.3. The average molecular weight is 314 g/mol. The molecule has 0 aliphatic heterocycles. The van der Waals surface area contributed by atoms with Crippen molar-refractivity contribution < 1.29 is 9.32 Å². The number of hydrogen-bond acceptors (Lipinski definition) is 3. The topological polar surface area (TPSA) is 46.3 Å². The molecule has 1 aromatic carbocycles. The summed E-state index contributed by atoms with van der Waals surface area (Å²) in [7, 11) is 0. The number of aromatic nitrogens is 1. The molecule has 23 heavy (non-hydrogen) atoms. The lowest BCUT2D eigenvalue weighted by Crippen LogP contribution is -2.39. The number of aryl methyl sites for hydroxylation is 2. The second kappa shape index (κ2) is 6.99. The summed E-state index contributed by atoms with van der Waals surface area (Å²) in [5.41, 5.74) is 4.17. The van der Waals surface area contributed by atoms with Crippen LogP contribution in [0.15, 0.2) is 28.8 Å². The standard InChI is InChI=1S/C19H26N2O2/c1-12(2)19(22)21(13(3)4)11-16-10-18(23-20-16)17-9-14(5)7-8-15(17)6/h7-10,12-13H,11H2,1-6H3. The van der Waals surface area contributed by atoms with Crippen molar-refractivity contribution in [2.45, 2.75) is 54.1 Å². The van der Waals surface area contributed by atoms with Crippen molar-refractivity contribution in [1.82, 2.24) is 10.1 Å². The molecular formula is C19H26N2O2. The molecule has 1 amide bonds. The van der Waals surface area contributed by atoms with Crippen LogP contribution >= 0.6 is 0 Å². The van der Waals surface area contributed by atoms with Gasteiger partial charge in [0.1, 0.15) is 5.69 Å². The highest BCUT2D eigenvalue weighted by molar-refractivity contribution is 5.78. The zero-order chi connectivity index (χ0) is 17.1.